The Hall–Kier alpha value is -4.00. The molecule has 4 rings (SSSR count). The van der Waals surface area contributed by atoms with E-state index in [-0.39, 0.29) is 11.6 Å². The van der Waals surface area contributed by atoms with Crippen LogP contribution >= 0.6 is 0 Å². The fourth-order valence-corrected chi connectivity index (χ4v) is 3.19. The summed E-state index contributed by atoms with van der Waals surface area (Å²) < 4.78 is 18.7. The molecule has 0 spiro atoms. The Labute approximate surface area is 165 Å². The fraction of sp³-hybridized carbons (Fsp3) is 0.0455. The Kier molecular flexibility index (Phi) is 4.78. The number of benzene rings is 2. The van der Waals surface area contributed by atoms with Crippen LogP contribution in [0.15, 0.2) is 67.1 Å². The van der Waals surface area contributed by atoms with Crippen molar-refractivity contribution in [2.24, 2.45) is 0 Å². The average molecular weight is 389 g/mol. The monoisotopic (exact) mass is 389 g/mol. The molecule has 0 radical (unpaired) electrons. The van der Waals surface area contributed by atoms with Crippen LogP contribution in [0.4, 0.5) is 14.9 Å². The molecular formula is C22H16FN3O3. The number of hydrogen-bond donors (Lipinski definition) is 2. The van der Waals surface area contributed by atoms with E-state index in [1.54, 1.807) is 54.9 Å². The summed E-state index contributed by atoms with van der Waals surface area (Å²) in [4.78, 5) is 31.5. The molecule has 6 nitrogen and oxygen atoms in total. The summed E-state index contributed by atoms with van der Waals surface area (Å²) in [5, 5.41) is 3.26. The highest BCUT2D eigenvalue weighted by atomic mass is 19.1. The van der Waals surface area contributed by atoms with Crippen molar-refractivity contribution in [2.75, 3.05) is 12.4 Å². The van der Waals surface area contributed by atoms with Crippen molar-refractivity contribution < 1.29 is 18.7 Å². The van der Waals surface area contributed by atoms with E-state index in [9.17, 15) is 14.0 Å². The molecule has 7 heteroatoms. The normalized spacial score (nSPS) is 10.7. The first-order valence-corrected chi connectivity index (χ1v) is 8.77. The summed E-state index contributed by atoms with van der Waals surface area (Å²) in [6.45, 7) is 0. The number of pyridine rings is 1. The molecule has 4 aromatic rings. The van der Waals surface area contributed by atoms with Gasteiger partial charge in [-0.25, -0.2) is 9.18 Å². The number of carbonyl (C=O) groups is 2. The predicted molar refractivity (Wildman–Crippen MR) is 107 cm³/mol. The van der Waals surface area contributed by atoms with Crippen molar-refractivity contribution in [3.05, 3.63) is 84.1 Å². The Morgan fingerprint density at radius 1 is 1.10 bits per heavy atom. The van der Waals surface area contributed by atoms with Crippen molar-refractivity contribution in [1.29, 1.82) is 0 Å². The molecule has 2 heterocycles. The minimum atomic E-state index is -0.659. The van der Waals surface area contributed by atoms with E-state index in [1.165, 1.54) is 19.4 Å². The Morgan fingerprint density at radius 2 is 1.97 bits per heavy atom. The average Bonchev–Trinajstić information content (AvgIpc) is 3.24. The summed E-state index contributed by atoms with van der Waals surface area (Å²) in [5.74, 6) is -0.621. The number of amides is 1. The van der Waals surface area contributed by atoms with Gasteiger partial charge in [0, 0.05) is 40.8 Å². The molecule has 0 bridgehead atoms. The van der Waals surface area contributed by atoms with Crippen LogP contribution in [0.5, 0.6) is 0 Å². The van der Waals surface area contributed by atoms with Crippen LogP contribution in [0.3, 0.4) is 0 Å². The number of methoxy groups -OCH3 is 1. The third kappa shape index (κ3) is 3.58. The second kappa shape index (κ2) is 7.55. The number of nitrogens with one attached hydrogen (secondary N) is 2. The van der Waals surface area contributed by atoms with Crippen molar-refractivity contribution >= 4 is 28.5 Å². The molecule has 0 aliphatic heterocycles. The van der Waals surface area contributed by atoms with Gasteiger partial charge in [-0.15, -0.1) is 0 Å². The molecule has 0 atom stereocenters. The first-order chi connectivity index (χ1) is 14.1. The third-order valence-electron chi connectivity index (χ3n) is 4.53. The molecule has 144 valence electrons. The lowest BCUT2D eigenvalue weighted by Crippen LogP contribution is -2.12. The molecular weight excluding hydrogens is 373 g/mol. The summed E-state index contributed by atoms with van der Waals surface area (Å²) in [5.41, 5.74) is 2.89. The summed E-state index contributed by atoms with van der Waals surface area (Å²) >= 11 is 0. The van der Waals surface area contributed by atoms with Gasteiger partial charge in [0.2, 0.25) is 0 Å². The molecule has 0 aliphatic carbocycles. The molecule has 0 fully saturated rings. The van der Waals surface area contributed by atoms with Crippen LogP contribution in [0.2, 0.25) is 0 Å². The van der Waals surface area contributed by atoms with Crippen LogP contribution < -0.4 is 5.32 Å². The molecule has 0 unspecified atom stereocenters. The zero-order valence-corrected chi connectivity index (χ0v) is 15.4. The number of nitrogens with zero attached hydrogens (tertiary/aromatic N) is 1. The minimum absolute atomic E-state index is 0.250. The number of H-pyrrole nitrogens is 1. The zero-order chi connectivity index (χ0) is 20.4. The quantitative estimate of drug-likeness (QED) is 0.492. The maximum absolute atomic E-state index is 14.1. The lowest BCUT2D eigenvalue weighted by molar-refractivity contribution is 0.103. The number of halogens is 1. The van der Waals surface area contributed by atoms with Crippen LogP contribution in [0.1, 0.15) is 15.9 Å². The largest absolute Gasteiger partial charge is 0.453 e. The summed E-state index contributed by atoms with van der Waals surface area (Å²) in [6, 6.07) is 13.1. The molecule has 0 saturated heterocycles. The second-order valence-electron chi connectivity index (χ2n) is 6.35. The highest BCUT2D eigenvalue weighted by Gasteiger charge is 2.16. The lowest BCUT2D eigenvalue weighted by atomic mass is 9.96. The number of hydrogen-bond acceptors (Lipinski definition) is 4. The molecule has 2 N–H and O–H groups in total. The molecule has 2 aromatic heterocycles. The van der Waals surface area contributed by atoms with E-state index in [4.69, 9.17) is 0 Å². The third-order valence-corrected chi connectivity index (χ3v) is 4.53. The minimum Gasteiger partial charge on any atom is -0.453 e. The van der Waals surface area contributed by atoms with E-state index >= 15 is 0 Å². The first-order valence-electron chi connectivity index (χ1n) is 8.77. The van der Waals surface area contributed by atoms with Gasteiger partial charge in [0.25, 0.3) is 0 Å². The predicted octanol–water partition coefficient (Wildman–Crippen LogP) is 4.78. The molecule has 0 aliphatic rings. The maximum atomic E-state index is 14.1. The van der Waals surface area contributed by atoms with Crippen molar-refractivity contribution in [2.45, 2.75) is 0 Å². The Bertz CT molecular complexity index is 1220. The van der Waals surface area contributed by atoms with Crippen LogP contribution in [0, 0.1) is 5.82 Å². The van der Waals surface area contributed by atoms with E-state index in [1.807, 2.05) is 0 Å². The van der Waals surface area contributed by atoms with Gasteiger partial charge in [0.1, 0.15) is 5.82 Å². The number of aromatic amines is 1. The lowest BCUT2D eigenvalue weighted by Gasteiger charge is -2.12. The molecule has 1 amide bonds. The number of ketones is 1. The smallest absolute Gasteiger partial charge is 0.411 e. The standard InChI is InChI=1S/C22H16FN3O3/c1-29-22(28)26-16-10-14(17-4-5-19(23)20-18(17)6-8-25-20)9-15(11-16)21(27)13-3-2-7-24-12-13/h2-12,25H,1H3,(H,26,28). The van der Waals surface area contributed by atoms with Gasteiger partial charge in [-0.05, 0) is 53.6 Å². The first kappa shape index (κ1) is 18.4. The van der Waals surface area contributed by atoms with Gasteiger partial charge < -0.3 is 9.72 Å². The van der Waals surface area contributed by atoms with Gasteiger partial charge in [-0.3, -0.25) is 15.1 Å². The van der Waals surface area contributed by atoms with Gasteiger partial charge >= 0.3 is 6.09 Å². The van der Waals surface area contributed by atoms with Gasteiger partial charge in [0.05, 0.1) is 12.6 Å². The van der Waals surface area contributed by atoms with Crippen molar-refractivity contribution in [1.82, 2.24) is 9.97 Å². The van der Waals surface area contributed by atoms with E-state index in [2.05, 4.69) is 20.0 Å². The number of fused-ring (bicyclic) bond motifs is 1. The number of carbonyl (C=O) groups excluding carboxylic acids is 2. The molecule has 29 heavy (non-hydrogen) atoms. The Morgan fingerprint density at radius 3 is 2.72 bits per heavy atom. The summed E-state index contributed by atoms with van der Waals surface area (Å²) in [6.07, 6.45) is 4.05. The summed E-state index contributed by atoms with van der Waals surface area (Å²) in [7, 11) is 1.25. The highest BCUT2D eigenvalue weighted by Crippen LogP contribution is 2.32. The Balaban J connectivity index is 1.88. The zero-order valence-electron chi connectivity index (χ0n) is 15.4. The second-order valence-corrected chi connectivity index (χ2v) is 6.35. The molecule has 0 saturated carbocycles. The number of ether oxygens (including phenoxy) is 1. The molecule has 2 aromatic carbocycles. The van der Waals surface area contributed by atoms with Gasteiger partial charge in [-0.2, -0.15) is 0 Å². The number of rotatable bonds is 4. The van der Waals surface area contributed by atoms with Crippen LogP contribution in [-0.2, 0) is 4.74 Å². The highest BCUT2D eigenvalue weighted by molar-refractivity contribution is 6.10. The fourth-order valence-electron chi connectivity index (χ4n) is 3.19. The topological polar surface area (TPSA) is 84.1 Å². The van der Waals surface area contributed by atoms with Crippen molar-refractivity contribution in [3.63, 3.8) is 0 Å². The van der Waals surface area contributed by atoms with Crippen LogP contribution in [-0.4, -0.2) is 29.0 Å². The van der Waals surface area contributed by atoms with E-state index in [0.29, 0.717) is 33.3 Å². The van der Waals surface area contributed by atoms with E-state index in [0.717, 1.165) is 5.56 Å². The van der Waals surface area contributed by atoms with Gasteiger partial charge in [-0.1, -0.05) is 6.07 Å². The SMILES string of the molecule is COC(=O)Nc1cc(C(=O)c2cccnc2)cc(-c2ccc(F)c3[nH]ccc23)c1. The number of aromatic nitrogens is 2. The maximum Gasteiger partial charge on any atom is 0.411 e. The van der Waals surface area contributed by atoms with E-state index < -0.39 is 6.09 Å². The van der Waals surface area contributed by atoms with Crippen LogP contribution in [0.25, 0.3) is 22.0 Å². The van der Waals surface area contributed by atoms with Gasteiger partial charge in [0.15, 0.2) is 5.78 Å². The van der Waals surface area contributed by atoms with Crippen molar-refractivity contribution in [3.8, 4) is 11.1 Å². The number of anilines is 1.